The number of nitrogens with two attached hydrogens (primary N) is 1. The van der Waals surface area contributed by atoms with E-state index in [4.69, 9.17) is 17.3 Å². The Morgan fingerprint density at radius 2 is 1.94 bits per heavy atom. The van der Waals surface area contributed by atoms with Crippen molar-refractivity contribution in [2.45, 2.75) is 26.2 Å². The first-order valence-corrected chi connectivity index (χ1v) is 10.5. The summed E-state index contributed by atoms with van der Waals surface area (Å²) in [6.07, 6.45) is 3.45. The summed E-state index contributed by atoms with van der Waals surface area (Å²) in [5.41, 5.74) is 7.96. The Morgan fingerprint density at radius 3 is 2.72 bits per heavy atom. The minimum Gasteiger partial charge on any atom is -0.368 e. The number of fused-ring (bicyclic) bond motifs is 1. The van der Waals surface area contributed by atoms with Crippen LogP contribution in [0.25, 0.3) is 16.7 Å². The molecule has 8 nitrogen and oxygen atoms in total. The monoisotopic (exact) mass is 448 g/mol. The number of amides is 1. The lowest BCUT2D eigenvalue weighted by atomic mass is 10.1. The number of halogens is 1. The van der Waals surface area contributed by atoms with Crippen LogP contribution >= 0.6 is 11.6 Å². The van der Waals surface area contributed by atoms with Gasteiger partial charge in [-0.2, -0.15) is 9.97 Å². The van der Waals surface area contributed by atoms with Gasteiger partial charge >= 0.3 is 5.69 Å². The Labute approximate surface area is 189 Å². The number of nitrogens with zero attached hydrogens (tertiary/aromatic N) is 4. The molecular weight excluding hydrogens is 428 g/mol. The van der Waals surface area contributed by atoms with Gasteiger partial charge in [0.25, 0.3) is 0 Å². The van der Waals surface area contributed by atoms with E-state index in [2.05, 4.69) is 20.3 Å². The van der Waals surface area contributed by atoms with Crippen LogP contribution in [0.1, 0.15) is 24.1 Å². The Bertz CT molecular complexity index is 1350. The summed E-state index contributed by atoms with van der Waals surface area (Å²) >= 11 is 6.39. The molecular formula is C23H21ClN6O2. The summed E-state index contributed by atoms with van der Waals surface area (Å²) in [4.78, 5) is 37.2. The van der Waals surface area contributed by atoms with E-state index in [1.54, 1.807) is 25.1 Å². The number of nitrogen functional groups attached to an aromatic ring is 1. The van der Waals surface area contributed by atoms with Crippen LogP contribution in [0, 0.1) is 6.92 Å². The maximum atomic E-state index is 12.7. The predicted octanol–water partition coefficient (Wildman–Crippen LogP) is 3.68. The number of carbonyl (C=O) groups excluding carboxylic acids is 1. The Hall–Kier alpha value is -3.78. The molecule has 0 fully saturated rings. The SMILES string of the molecule is Cc1c2cnc(N)nc2nc(=O)n1-c1cc(NC(=O)CCCc2ccccc2)ccc1Cl. The number of aromatic nitrogens is 4. The van der Waals surface area contributed by atoms with Crippen molar-refractivity contribution in [3.8, 4) is 5.69 Å². The summed E-state index contributed by atoms with van der Waals surface area (Å²) < 4.78 is 1.37. The number of anilines is 2. The van der Waals surface area contributed by atoms with E-state index in [1.165, 1.54) is 16.3 Å². The summed E-state index contributed by atoms with van der Waals surface area (Å²) in [6.45, 7) is 1.75. The molecule has 9 heteroatoms. The van der Waals surface area contributed by atoms with E-state index < -0.39 is 5.69 Å². The average Bonchev–Trinajstić information content (AvgIpc) is 2.76. The minimum absolute atomic E-state index is 0.0385. The van der Waals surface area contributed by atoms with Gasteiger partial charge in [-0.1, -0.05) is 41.9 Å². The van der Waals surface area contributed by atoms with Crippen LogP contribution < -0.4 is 16.7 Å². The second kappa shape index (κ2) is 9.15. The lowest BCUT2D eigenvalue weighted by Gasteiger charge is -2.14. The normalized spacial score (nSPS) is 10.9. The van der Waals surface area contributed by atoms with Crippen LogP contribution in [0.3, 0.4) is 0 Å². The van der Waals surface area contributed by atoms with Crippen molar-refractivity contribution < 1.29 is 4.79 Å². The van der Waals surface area contributed by atoms with Crippen LogP contribution in [0.5, 0.6) is 0 Å². The second-order valence-electron chi connectivity index (χ2n) is 7.33. The highest BCUT2D eigenvalue weighted by Gasteiger charge is 2.15. The van der Waals surface area contributed by atoms with E-state index >= 15 is 0 Å². The lowest BCUT2D eigenvalue weighted by Crippen LogP contribution is -2.25. The van der Waals surface area contributed by atoms with Gasteiger partial charge in [0.2, 0.25) is 11.9 Å². The molecule has 0 saturated heterocycles. The summed E-state index contributed by atoms with van der Waals surface area (Å²) in [5, 5.41) is 3.79. The van der Waals surface area contributed by atoms with Gasteiger partial charge in [0.1, 0.15) is 0 Å². The summed E-state index contributed by atoms with van der Waals surface area (Å²) in [5.74, 6) is -0.0738. The van der Waals surface area contributed by atoms with Crippen molar-refractivity contribution in [1.29, 1.82) is 0 Å². The van der Waals surface area contributed by atoms with E-state index in [0.29, 0.717) is 33.9 Å². The van der Waals surface area contributed by atoms with Gasteiger partial charge in [-0.15, -0.1) is 0 Å². The number of hydrogen-bond donors (Lipinski definition) is 2. The number of nitrogens with one attached hydrogen (secondary N) is 1. The van der Waals surface area contributed by atoms with Crippen LogP contribution in [-0.2, 0) is 11.2 Å². The molecule has 0 aliphatic heterocycles. The van der Waals surface area contributed by atoms with Crippen molar-refractivity contribution in [2.75, 3.05) is 11.1 Å². The van der Waals surface area contributed by atoms with E-state index in [1.807, 2.05) is 30.3 Å². The zero-order valence-corrected chi connectivity index (χ0v) is 18.1. The van der Waals surface area contributed by atoms with Gasteiger partial charge in [-0.3, -0.25) is 9.36 Å². The second-order valence-corrected chi connectivity index (χ2v) is 7.74. The molecule has 2 heterocycles. The molecule has 0 saturated carbocycles. The largest absolute Gasteiger partial charge is 0.368 e. The number of carbonyl (C=O) groups is 1. The average molecular weight is 449 g/mol. The fourth-order valence-electron chi connectivity index (χ4n) is 3.50. The Kier molecular flexibility index (Phi) is 6.13. The zero-order chi connectivity index (χ0) is 22.7. The third-order valence-corrected chi connectivity index (χ3v) is 5.41. The number of benzene rings is 2. The number of hydrogen-bond acceptors (Lipinski definition) is 6. The quantitative estimate of drug-likeness (QED) is 0.464. The third-order valence-electron chi connectivity index (χ3n) is 5.09. The van der Waals surface area contributed by atoms with Gasteiger partial charge in [-0.25, -0.2) is 9.78 Å². The van der Waals surface area contributed by atoms with Gasteiger partial charge in [-0.05, 0) is 43.5 Å². The van der Waals surface area contributed by atoms with E-state index in [-0.39, 0.29) is 17.5 Å². The van der Waals surface area contributed by atoms with Gasteiger partial charge in [0.05, 0.1) is 16.1 Å². The molecule has 0 aliphatic carbocycles. The highest BCUT2D eigenvalue weighted by molar-refractivity contribution is 6.32. The number of rotatable bonds is 6. The van der Waals surface area contributed by atoms with E-state index in [0.717, 1.165) is 12.8 Å². The van der Waals surface area contributed by atoms with E-state index in [9.17, 15) is 9.59 Å². The van der Waals surface area contributed by atoms with Crippen LogP contribution in [0.2, 0.25) is 5.02 Å². The molecule has 0 aliphatic rings. The standard InChI is InChI=1S/C23H21ClN6O2/c1-14-17-13-26-22(25)28-21(17)29-23(32)30(14)19-12-16(10-11-18(19)24)27-20(31)9-5-8-15-6-3-2-4-7-15/h2-4,6-7,10-13H,5,8-9H2,1H3,(H,27,31)(H2,25,28,29,32). The van der Waals surface area contributed by atoms with Crippen molar-refractivity contribution in [3.63, 3.8) is 0 Å². The first-order valence-electron chi connectivity index (χ1n) is 10.1. The van der Waals surface area contributed by atoms with Crippen molar-refractivity contribution >= 4 is 40.2 Å². The van der Waals surface area contributed by atoms with Crippen molar-refractivity contribution in [1.82, 2.24) is 19.5 Å². The first-order chi connectivity index (χ1) is 15.4. The van der Waals surface area contributed by atoms with Crippen LogP contribution in [0.4, 0.5) is 11.6 Å². The van der Waals surface area contributed by atoms with Gasteiger partial charge in [0, 0.05) is 24.0 Å². The van der Waals surface area contributed by atoms with Crippen molar-refractivity contribution in [3.05, 3.63) is 81.5 Å². The van der Waals surface area contributed by atoms with Gasteiger partial charge < -0.3 is 11.1 Å². The highest BCUT2D eigenvalue weighted by Crippen LogP contribution is 2.26. The predicted molar refractivity (Wildman–Crippen MR) is 125 cm³/mol. The topological polar surface area (TPSA) is 116 Å². The Morgan fingerprint density at radius 1 is 1.16 bits per heavy atom. The first kappa shape index (κ1) is 21.5. The molecule has 2 aromatic carbocycles. The molecule has 0 unspecified atom stereocenters. The van der Waals surface area contributed by atoms with Crippen LogP contribution in [-0.4, -0.2) is 25.4 Å². The molecule has 1 amide bonds. The summed E-state index contributed by atoms with van der Waals surface area (Å²) in [6, 6.07) is 15.0. The molecule has 2 aromatic heterocycles. The smallest absolute Gasteiger partial charge is 0.354 e. The summed E-state index contributed by atoms with van der Waals surface area (Å²) in [7, 11) is 0. The molecule has 3 N–H and O–H groups in total. The van der Waals surface area contributed by atoms with Crippen LogP contribution in [0.15, 0.2) is 59.5 Å². The molecule has 0 radical (unpaired) electrons. The molecule has 162 valence electrons. The fourth-order valence-corrected chi connectivity index (χ4v) is 3.70. The third kappa shape index (κ3) is 4.60. The number of aryl methyl sites for hydroxylation is 2. The molecule has 0 atom stereocenters. The lowest BCUT2D eigenvalue weighted by molar-refractivity contribution is -0.116. The maximum Gasteiger partial charge on any atom is 0.354 e. The molecule has 32 heavy (non-hydrogen) atoms. The zero-order valence-electron chi connectivity index (χ0n) is 17.4. The molecule has 4 rings (SSSR count). The maximum absolute atomic E-state index is 12.7. The molecule has 0 bridgehead atoms. The molecule has 4 aromatic rings. The van der Waals surface area contributed by atoms with Gasteiger partial charge in [0.15, 0.2) is 5.65 Å². The van der Waals surface area contributed by atoms with Crippen molar-refractivity contribution in [2.24, 2.45) is 0 Å². The highest BCUT2D eigenvalue weighted by atomic mass is 35.5. The minimum atomic E-state index is -0.554. The Balaban J connectivity index is 1.56. The molecule has 0 spiro atoms. The fraction of sp³-hybridized carbons (Fsp3) is 0.174.